The molecular formula is C25H19F3N2O2S. The van der Waals surface area contributed by atoms with E-state index in [1.807, 2.05) is 36.4 Å². The lowest BCUT2D eigenvalue weighted by atomic mass is 10.1. The number of benzene rings is 3. The number of aromatic nitrogens is 1. The molecule has 168 valence electrons. The molecule has 0 atom stereocenters. The molecule has 0 bridgehead atoms. The predicted octanol–water partition coefficient (Wildman–Crippen LogP) is 6.34. The largest absolute Gasteiger partial charge is 0.489 e. The van der Waals surface area contributed by atoms with Gasteiger partial charge in [0.25, 0.3) is 5.91 Å². The van der Waals surface area contributed by atoms with Crippen molar-refractivity contribution in [2.45, 2.75) is 19.3 Å². The van der Waals surface area contributed by atoms with Gasteiger partial charge in [-0.1, -0.05) is 54.6 Å². The van der Waals surface area contributed by atoms with E-state index in [1.54, 1.807) is 29.6 Å². The van der Waals surface area contributed by atoms with E-state index in [1.165, 1.54) is 17.4 Å². The second-order valence-corrected chi connectivity index (χ2v) is 8.08. The second-order valence-electron chi connectivity index (χ2n) is 7.22. The fourth-order valence-corrected chi connectivity index (χ4v) is 3.90. The van der Waals surface area contributed by atoms with E-state index >= 15 is 0 Å². The first-order chi connectivity index (χ1) is 15.9. The molecule has 4 nitrogen and oxygen atoms in total. The maximum absolute atomic E-state index is 12.9. The molecule has 1 amide bonds. The molecule has 1 N–H and O–H groups in total. The molecule has 4 aromatic rings. The lowest BCUT2D eigenvalue weighted by Crippen LogP contribution is -2.23. The first kappa shape index (κ1) is 22.5. The number of hydrogen-bond donors (Lipinski definition) is 1. The van der Waals surface area contributed by atoms with Crippen LogP contribution in [0.3, 0.4) is 0 Å². The molecule has 33 heavy (non-hydrogen) atoms. The van der Waals surface area contributed by atoms with Gasteiger partial charge in [0.15, 0.2) is 0 Å². The minimum Gasteiger partial charge on any atom is -0.489 e. The highest BCUT2D eigenvalue weighted by atomic mass is 32.1. The highest BCUT2D eigenvalue weighted by Gasteiger charge is 2.30. The number of carbonyl (C=O) groups is 1. The third-order valence-corrected chi connectivity index (χ3v) is 5.66. The number of alkyl halides is 3. The van der Waals surface area contributed by atoms with Crippen LogP contribution in [-0.2, 0) is 19.3 Å². The van der Waals surface area contributed by atoms with Crippen molar-refractivity contribution in [3.63, 3.8) is 0 Å². The van der Waals surface area contributed by atoms with Crippen LogP contribution < -0.4 is 10.1 Å². The molecule has 0 saturated heterocycles. The molecule has 0 fully saturated rings. The molecule has 0 aliphatic rings. The minimum atomic E-state index is -4.40. The van der Waals surface area contributed by atoms with E-state index in [-0.39, 0.29) is 12.5 Å². The van der Waals surface area contributed by atoms with Gasteiger partial charge in [0.2, 0.25) is 0 Å². The maximum Gasteiger partial charge on any atom is 0.416 e. The van der Waals surface area contributed by atoms with E-state index in [2.05, 4.69) is 10.3 Å². The molecule has 0 saturated carbocycles. The Bertz CT molecular complexity index is 1240. The Morgan fingerprint density at radius 1 is 0.939 bits per heavy atom. The quantitative estimate of drug-likeness (QED) is 0.344. The summed E-state index contributed by atoms with van der Waals surface area (Å²) < 4.78 is 44.4. The molecule has 1 heterocycles. The van der Waals surface area contributed by atoms with Crippen molar-refractivity contribution >= 4 is 17.2 Å². The Labute approximate surface area is 192 Å². The number of hydrogen-bond acceptors (Lipinski definition) is 4. The van der Waals surface area contributed by atoms with Crippen LogP contribution in [0.4, 0.5) is 13.2 Å². The normalized spacial score (nSPS) is 11.2. The van der Waals surface area contributed by atoms with Crippen molar-refractivity contribution in [1.29, 1.82) is 0 Å². The van der Waals surface area contributed by atoms with Gasteiger partial charge < -0.3 is 10.1 Å². The maximum atomic E-state index is 12.9. The van der Waals surface area contributed by atoms with Crippen molar-refractivity contribution < 1.29 is 22.7 Å². The number of ether oxygens (including phenoxy) is 1. The highest BCUT2D eigenvalue weighted by Crippen LogP contribution is 2.30. The number of thiazole rings is 1. The van der Waals surface area contributed by atoms with E-state index in [4.69, 9.17) is 4.74 Å². The molecule has 0 aliphatic carbocycles. The molecule has 3 aromatic carbocycles. The lowest BCUT2D eigenvalue weighted by Gasteiger charge is -2.10. The van der Waals surface area contributed by atoms with E-state index in [0.29, 0.717) is 28.6 Å². The zero-order chi connectivity index (χ0) is 23.3. The summed E-state index contributed by atoms with van der Waals surface area (Å²) in [5.74, 6) is 0.230. The highest BCUT2D eigenvalue weighted by molar-refractivity contribution is 7.13. The number of rotatable bonds is 7. The molecule has 1 aromatic heterocycles. The van der Waals surface area contributed by atoms with Gasteiger partial charge in [-0.2, -0.15) is 13.2 Å². The van der Waals surface area contributed by atoms with Gasteiger partial charge in [0.05, 0.1) is 5.56 Å². The van der Waals surface area contributed by atoms with Crippen LogP contribution in [-0.4, -0.2) is 10.9 Å². The summed E-state index contributed by atoms with van der Waals surface area (Å²) in [5.41, 5.74) is 1.77. The van der Waals surface area contributed by atoms with Gasteiger partial charge >= 0.3 is 6.18 Å². The average molecular weight is 469 g/mol. The Hall–Kier alpha value is -3.65. The monoisotopic (exact) mass is 468 g/mol. The molecule has 0 unspecified atom stereocenters. The van der Waals surface area contributed by atoms with E-state index < -0.39 is 11.7 Å². The predicted molar refractivity (Wildman–Crippen MR) is 121 cm³/mol. The van der Waals surface area contributed by atoms with Crippen molar-refractivity contribution in [2.75, 3.05) is 0 Å². The Kier molecular flexibility index (Phi) is 6.74. The van der Waals surface area contributed by atoms with Crippen LogP contribution in [0.25, 0.3) is 10.6 Å². The molecule has 8 heteroatoms. The Balaban J connectivity index is 1.40. The van der Waals surface area contributed by atoms with Gasteiger partial charge in [0.1, 0.15) is 23.1 Å². The Morgan fingerprint density at radius 2 is 1.70 bits per heavy atom. The van der Waals surface area contributed by atoms with E-state index in [9.17, 15) is 18.0 Å². The first-order valence-corrected chi connectivity index (χ1v) is 10.9. The average Bonchev–Trinajstić information content (AvgIpc) is 3.32. The van der Waals surface area contributed by atoms with Gasteiger partial charge in [-0.3, -0.25) is 4.79 Å². The van der Waals surface area contributed by atoms with Crippen molar-refractivity contribution in [1.82, 2.24) is 10.3 Å². The molecule has 4 rings (SSSR count). The zero-order valence-corrected chi connectivity index (χ0v) is 18.1. The number of halogens is 3. The first-order valence-electron chi connectivity index (χ1n) is 10.1. The summed E-state index contributed by atoms with van der Waals surface area (Å²) in [6.07, 6.45) is -4.40. The number of nitrogens with zero attached hydrogens (tertiary/aromatic N) is 1. The topological polar surface area (TPSA) is 51.2 Å². The number of nitrogens with one attached hydrogen (secondary N) is 1. The Morgan fingerprint density at radius 3 is 2.48 bits per heavy atom. The lowest BCUT2D eigenvalue weighted by molar-refractivity contribution is -0.137. The van der Waals surface area contributed by atoms with E-state index in [0.717, 1.165) is 23.3 Å². The second kappa shape index (κ2) is 9.87. The molecule has 0 aliphatic heterocycles. The van der Waals surface area contributed by atoms with Crippen LogP contribution >= 0.6 is 11.3 Å². The number of amides is 1. The summed E-state index contributed by atoms with van der Waals surface area (Å²) >= 11 is 1.33. The van der Waals surface area contributed by atoms with Crippen LogP contribution in [0, 0.1) is 0 Å². The smallest absolute Gasteiger partial charge is 0.416 e. The summed E-state index contributed by atoms with van der Waals surface area (Å²) in [6.45, 7) is 0.407. The molecule has 0 spiro atoms. The molecular weight excluding hydrogens is 449 g/mol. The fraction of sp³-hybridized carbons (Fsp3) is 0.120. The van der Waals surface area contributed by atoms with Crippen LogP contribution in [0.1, 0.15) is 27.2 Å². The third-order valence-electron chi connectivity index (χ3n) is 4.77. The van der Waals surface area contributed by atoms with Gasteiger partial charge in [-0.15, -0.1) is 11.3 Å². The van der Waals surface area contributed by atoms with Crippen LogP contribution in [0.15, 0.2) is 84.2 Å². The summed E-state index contributed by atoms with van der Waals surface area (Å²) in [6, 6.07) is 21.7. The van der Waals surface area contributed by atoms with Crippen LogP contribution in [0.5, 0.6) is 5.75 Å². The summed E-state index contributed by atoms with van der Waals surface area (Å²) in [5, 5.41) is 5.17. The van der Waals surface area contributed by atoms with Crippen molar-refractivity contribution in [2.24, 2.45) is 0 Å². The van der Waals surface area contributed by atoms with Crippen molar-refractivity contribution in [3.05, 3.63) is 107 Å². The fourth-order valence-electron chi connectivity index (χ4n) is 3.10. The van der Waals surface area contributed by atoms with Gasteiger partial charge in [-0.05, 0) is 35.4 Å². The zero-order valence-electron chi connectivity index (χ0n) is 17.3. The number of carbonyl (C=O) groups excluding carboxylic acids is 1. The molecule has 0 radical (unpaired) electrons. The van der Waals surface area contributed by atoms with Crippen molar-refractivity contribution in [3.8, 4) is 16.3 Å². The third kappa shape index (κ3) is 5.98. The minimum absolute atomic E-state index is 0.00160. The standard InChI is InChI=1S/C25H19F3N2O2S/c26-25(27,28)20-10-4-8-18(12-20)15-32-21-11-5-9-19(13-21)24-30-22(16-33-24)23(31)29-14-17-6-2-1-3-7-17/h1-13,16H,14-15H2,(H,29,31). The SMILES string of the molecule is O=C(NCc1ccccc1)c1csc(-c2cccc(OCc3cccc(C(F)(F)F)c3)c2)n1. The van der Waals surface area contributed by atoms with Gasteiger partial charge in [0, 0.05) is 17.5 Å². The van der Waals surface area contributed by atoms with Gasteiger partial charge in [-0.25, -0.2) is 4.98 Å². The van der Waals surface area contributed by atoms with Crippen LogP contribution in [0.2, 0.25) is 0 Å². The summed E-state index contributed by atoms with van der Waals surface area (Å²) in [7, 11) is 0. The summed E-state index contributed by atoms with van der Waals surface area (Å²) in [4.78, 5) is 16.8.